The molecule has 0 aromatic heterocycles. The molecule has 2 N–H and O–H groups in total. The van der Waals surface area contributed by atoms with Crippen molar-refractivity contribution in [3.8, 4) is 0 Å². The van der Waals surface area contributed by atoms with E-state index in [1.807, 2.05) is 12.2 Å². The van der Waals surface area contributed by atoms with E-state index in [0.717, 1.165) is 32.1 Å². The third-order valence-electron chi connectivity index (χ3n) is 7.81. The minimum atomic E-state index is -3.71. The molecule has 2 saturated carbocycles. The summed E-state index contributed by atoms with van der Waals surface area (Å²) in [6, 6.07) is -0.604. The Morgan fingerprint density at radius 3 is 2.70 bits per heavy atom. The highest BCUT2D eigenvalue weighted by atomic mass is 32.2. The van der Waals surface area contributed by atoms with Gasteiger partial charge >= 0.3 is 0 Å². The Kier molecular flexibility index (Phi) is 6.90. The minimum absolute atomic E-state index is 0.00172. The van der Waals surface area contributed by atoms with Gasteiger partial charge in [0.15, 0.2) is 0 Å². The lowest BCUT2D eigenvalue weighted by atomic mass is 9.88. The zero-order valence-electron chi connectivity index (χ0n) is 19.7. The van der Waals surface area contributed by atoms with Gasteiger partial charge in [0.1, 0.15) is 11.6 Å². The van der Waals surface area contributed by atoms with Crippen LogP contribution in [-0.2, 0) is 24.4 Å². The van der Waals surface area contributed by atoms with Gasteiger partial charge in [-0.2, -0.15) is 0 Å². The third kappa shape index (κ3) is 5.28. The summed E-state index contributed by atoms with van der Waals surface area (Å²) < 4.78 is 27.0. The molecule has 0 spiro atoms. The van der Waals surface area contributed by atoms with Gasteiger partial charge in [-0.25, -0.2) is 8.42 Å². The molecule has 2 aliphatic carbocycles. The number of amides is 3. The molecule has 8 nitrogen and oxygen atoms in total. The molecule has 3 amide bonds. The summed E-state index contributed by atoms with van der Waals surface area (Å²) in [5.74, 6) is -0.484. The van der Waals surface area contributed by atoms with Crippen LogP contribution in [0.1, 0.15) is 78.1 Å². The lowest BCUT2D eigenvalue weighted by molar-refractivity contribution is -0.140. The van der Waals surface area contributed by atoms with Crippen molar-refractivity contribution in [3.05, 3.63) is 12.2 Å². The topological polar surface area (TPSA) is 113 Å². The molecule has 0 aromatic rings. The average Bonchev–Trinajstić information content (AvgIpc) is 3.67. The number of hydrogen-bond donors (Lipinski definition) is 2. The van der Waals surface area contributed by atoms with Crippen molar-refractivity contribution in [1.82, 2.24) is 14.9 Å². The number of hydrogen-bond acceptors (Lipinski definition) is 5. The molecule has 33 heavy (non-hydrogen) atoms. The highest BCUT2D eigenvalue weighted by Crippen LogP contribution is 2.46. The quantitative estimate of drug-likeness (QED) is 0.601. The van der Waals surface area contributed by atoms with Crippen LogP contribution in [0.15, 0.2) is 12.2 Å². The Hall–Kier alpha value is -1.90. The highest BCUT2D eigenvalue weighted by molar-refractivity contribution is 7.91. The van der Waals surface area contributed by atoms with E-state index in [1.54, 1.807) is 4.90 Å². The summed E-state index contributed by atoms with van der Waals surface area (Å²) in [5.41, 5.74) is -1.26. The average molecular weight is 480 g/mol. The van der Waals surface area contributed by atoms with Gasteiger partial charge in [-0.1, -0.05) is 32.4 Å². The fourth-order valence-electron chi connectivity index (χ4n) is 5.39. The largest absolute Gasteiger partial charge is 0.339 e. The maximum absolute atomic E-state index is 13.3. The Morgan fingerprint density at radius 2 is 2.00 bits per heavy atom. The van der Waals surface area contributed by atoms with Crippen LogP contribution < -0.4 is 10.0 Å². The predicted octanol–water partition coefficient (Wildman–Crippen LogP) is 2.25. The van der Waals surface area contributed by atoms with Crippen LogP contribution in [0, 0.1) is 17.8 Å². The molecule has 184 valence electrons. The SMILES string of the molecule is CCC1CC(=O)N2CCCC2C(=O)NC2(C(=O)NS(=O)(=O)C3CC3)CC2C=CCCC(C)C1. The lowest BCUT2D eigenvalue weighted by Gasteiger charge is -2.28. The Labute approximate surface area is 197 Å². The van der Waals surface area contributed by atoms with Crippen molar-refractivity contribution < 1.29 is 22.8 Å². The number of carbonyl (C=O) groups excluding carboxylic acids is 3. The number of allylic oxidation sites excluding steroid dienone is 1. The molecule has 0 aromatic carbocycles. The van der Waals surface area contributed by atoms with Crippen molar-refractivity contribution in [3.63, 3.8) is 0 Å². The molecule has 4 aliphatic rings. The predicted molar refractivity (Wildman–Crippen MR) is 124 cm³/mol. The first-order valence-electron chi connectivity index (χ1n) is 12.5. The zero-order chi connectivity index (χ0) is 23.8. The van der Waals surface area contributed by atoms with Gasteiger partial charge in [-0.15, -0.1) is 0 Å². The first kappa shape index (κ1) is 24.2. The zero-order valence-corrected chi connectivity index (χ0v) is 20.5. The smallest absolute Gasteiger partial charge is 0.259 e. The van der Waals surface area contributed by atoms with Gasteiger partial charge in [0, 0.05) is 18.9 Å². The number of nitrogens with zero attached hydrogens (tertiary/aromatic N) is 1. The lowest BCUT2D eigenvalue weighted by Crippen LogP contribution is -2.56. The molecular weight excluding hydrogens is 442 g/mol. The normalized spacial score (nSPS) is 35.6. The number of carbonyl (C=O) groups is 3. The second-order valence-electron chi connectivity index (χ2n) is 10.5. The van der Waals surface area contributed by atoms with Crippen molar-refractivity contribution >= 4 is 27.7 Å². The maximum atomic E-state index is 13.3. The van der Waals surface area contributed by atoms with Gasteiger partial charge in [0.05, 0.1) is 5.25 Å². The Balaban J connectivity index is 1.56. The van der Waals surface area contributed by atoms with Crippen LogP contribution >= 0.6 is 0 Å². The Morgan fingerprint density at radius 1 is 1.24 bits per heavy atom. The van der Waals surface area contributed by atoms with E-state index in [1.165, 1.54) is 0 Å². The molecule has 5 atom stereocenters. The van der Waals surface area contributed by atoms with E-state index in [2.05, 4.69) is 23.9 Å². The van der Waals surface area contributed by atoms with Crippen LogP contribution in [0.4, 0.5) is 0 Å². The number of fused-ring (bicyclic) bond motifs is 2. The highest BCUT2D eigenvalue weighted by Gasteiger charge is 2.61. The first-order valence-corrected chi connectivity index (χ1v) is 14.0. The van der Waals surface area contributed by atoms with Gasteiger partial charge < -0.3 is 10.2 Å². The fourth-order valence-corrected chi connectivity index (χ4v) is 6.76. The van der Waals surface area contributed by atoms with Gasteiger partial charge in [-0.05, 0) is 63.2 Å². The van der Waals surface area contributed by atoms with Crippen LogP contribution in [0.3, 0.4) is 0 Å². The van der Waals surface area contributed by atoms with E-state index in [0.29, 0.717) is 50.5 Å². The standard InChI is InChI=1S/C24H37N3O5S/c1-3-17-13-16(2)7-4-5-8-18-15-24(18,23(30)26-33(31,32)19-10-11-19)25-22(29)20-9-6-12-27(20)21(28)14-17/h5,8,16-20H,3-4,6-7,9-15H2,1-2H3,(H,25,29)(H,26,30). The van der Waals surface area contributed by atoms with Crippen molar-refractivity contribution in [2.24, 2.45) is 17.8 Å². The van der Waals surface area contributed by atoms with E-state index < -0.39 is 32.8 Å². The summed E-state index contributed by atoms with van der Waals surface area (Å²) in [7, 11) is -3.71. The third-order valence-corrected chi connectivity index (χ3v) is 9.63. The maximum Gasteiger partial charge on any atom is 0.259 e. The molecule has 1 saturated heterocycles. The molecule has 0 bridgehead atoms. The first-order chi connectivity index (χ1) is 15.7. The second kappa shape index (κ2) is 9.39. The molecule has 2 heterocycles. The van der Waals surface area contributed by atoms with E-state index in [-0.39, 0.29) is 17.7 Å². The molecule has 9 heteroatoms. The van der Waals surface area contributed by atoms with E-state index in [4.69, 9.17) is 0 Å². The molecular formula is C24H37N3O5S. The van der Waals surface area contributed by atoms with E-state index in [9.17, 15) is 22.8 Å². The molecule has 5 unspecified atom stereocenters. The number of rotatable bonds is 4. The molecule has 3 fully saturated rings. The second-order valence-corrected chi connectivity index (χ2v) is 12.5. The fraction of sp³-hybridized carbons (Fsp3) is 0.792. The van der Waals surface area contributed by atoms with Crippen LogP contribution in [0.2, 0.25) is 0 Å². The molecule has 4 rings (SSSR count). The van der Waals surface area contributed by atoms with Crippen LogP contribution in [0.25, 0.3) is 0 Å². The number of sulfonamides is 1. The number of nitrogens with one attached hydrogen (secondary N) is 2. The Bertz CT molecular complexity index is 928. The summed E-state index contributed by atoms with van der Waals surface area (Å²) in [6.07, 6.45) is 11.0. The minimum Gasteiger partial charge on any atom is -0.339 e. The van der Waals surface area contributed by atoms with Crippen molar-refractivity contribution in [2.75, 3.05) is 6.54 Å². The summed E-state index contributed by atoms with van der Waals surface area (Å²) in [6.45, 7) is 4.86. The van der Waals surface area contributed by atoms with Gasteiger partial charge in [-0.3, -0.25) is 19.1 Å². The monoisotopic (exact) mass is 479 g/mol. The van der Waals surface area contributed by atoms with Crippen LogP contribution in [0.5, 0.6) is 0 Å². The summed E-state index contributed by atoms with van der Waals surface area (Å²) in [4.78, 5) is 41.2. The van der Waals surface area contributed by atoms with Crippen molar-refractivity contribution in [2.45, 2.75) is 94.9 Å². The van der Waals surface area contributed by atoms with E-state index >= 15 is 0 Å². The summed E-state index contributed by atoms with van der Waals surface area (Å²) >= 11 is 0. The molecule has 2 aliphatic heterocycles. The van der Waals surface area contributed by atoms with Gasteiger partial charge in [0.2, 0.25) is 21.8 Å². The molecule has 0 radical (unpaired) electrons. The van der Waals surface area contributed by atoms with Crippen molar-refractivity contribution in [1.29, 1.82) is 0 Å². The van der Waals surface area contributed by atoms with Crippen LogP contribution in [-0.4, -0.2) is 54.4 Å². The van der Waals surface area contributed by atoms with Gasteiger partial charge in [0.25, 0.3) is 5.91 Å². The summed E-state index contributed by atoms with van der Waals surface area (Å²) in [5, 5.41) is 2.37.